The first-order chi connectivity index (χ1) is 35.3. The van der Waals surface area contributed by atoms with Gasteiger partial charge in [-0.2, -0.15) is 5.10 Å². The van der Waals surface area contributed by atoms with E-state index in [4.69, 9.17) is 38.5 Å². The number of amides is 1. The van der Waals surface area contributed by atoms with Crippen molar-refractivity contribution >= 4 is 50.5 Å². The molecule has 6 atom stereocenters. The number of carbonyl (C=O) groups is 3. The number of anilines is 2. The maximum atomic E-state index is 14.3. The van der Waals surface area contributed by atoms with E-state index in [1.54, 1.807) is 20.8 Å². The van der Waals surface area contributed by atoms with Crippen LogP contribution >= 0.6 is 11.3 Å². The highest BCUT2D eigenvalue weighted by atomic mass is 32.1. The molecule has 1 amide bonds. The fourth-order valence-electron chi connectivity index (χ4n) is 14.0. The molecule has 1 saturated heterocycles. The van der Waals surface area contributed by atoms with Gasteiger partial charge in [-0.3, -0.25) is 14.8 Å². The number of hydrogen-bond acceptors (Lipinski definition) is 15. The highest BCUT2D eigenvalue weighted by Crippen LogP contribution is 2.72. The lowest BCUT2D eigenvalue weighted by Crippen LogP contribution is -2.64. The second-order valence-electron chi connectivity index (χ2n) is 25.3. The van der Waals surface area contributed by atoms with Gasteiger partial charge >= 0.3 is 12.1 Å². The van der Waals surface area contributed by atoms with E-state index < -0.39 is 35.2 Å². The Hall–Kier alpha value is -5.46. The van der Waals surface area contributed by atoms with Crippen LogP contribution in [0.3, 0.4) is 0 Å². The van der Waals surface area contributed by atoms with Crippen LogP contribution in [0.15, 0.2) is 60.8 Å². The number of carbonyl (C=O) groups excluding carboxylic acids is 3. The van der Waals surface area contributed by atoms with Crippen LogP contribution in [-0.2, 0) is 47.9 Å². The summed E-state index contributed by atoms with van der Waals surface area (Å²) in [5, 5.41) is 12.2. The third-order valence-electron chi connectivity index (χ3n) is 15.4. The minimum atomic E-state index is -0.812. The van der Waals surface area contributed by atoms with Crippen LogP contribution in [0, 0.1) is 23.2 Å². The van der Waals surface area contributed by atoms with Gasteiger partial charge in [0.15, 0.2) is 16.6 Å². The molecule has 4 saturated carbocycles. The molecule has 2 aliphatic heterocycles. The molecule has 5 heterocycles. The van der Waals surface area contributed by atoms with Crippen molar-refractivity contribution in [3.63, 3.8) is 0 Å². The number of thiazole rings is 1. The van der Waals surface area contributed by atoms with Gasteiger partial charge in [-0.25, -0.2) is 19.6 Å². The quantitative estimate of drug-likeness (QED) is 0.0747. The molecule has 75 heavy (non-hydrogen) atoms. The standard InChI is InChI=1S/C58H75N7O9S/c1-36-40(38-19-20-46(62-47(38)49(67)73-52(2,3)4)64-23-21-37-15-14-16-39(41(37)27-64)48(66)63-50-61-42-17-12-13-18-45(42)75-50)25-60-65(36)35-57-30-55(10)29-56(11,31-57)33-58(32-55,34-57)70-24-22-59-26-43-44(72-54(8,9)71-43)28-69-51(68)74-53(5,6)7/h12-20,25,43-44,59H,21-24,26-35H2,1-11H3,(H,61,63,66)/t43-,44-,55-,56+,57-,58-/m0/s1. The van der Waals surface area contributed by atoms with E-state index in [-0.39, 0.29) is 46.2 Å². The molecule has 5 aromatic rings. The van der Waals surface area contributed by atoms with Gasteiger partial charge in [-0.1, -0.05) is 49.4 Å². The van der Waals surface area contributed by atoms with Crippen LogP contribution in [0.4, 0.5) is 15.7 Å². The second-order valence-corrected chi connectivity index (χ2v) is 26.4. The van der Waals surface area contributed by atoms with Gasteiger partial charge in [0, 0.05) is 55.1 Å². The molecule has 17 heteroatoms. The van der Waals surface area contributed by atoms with E-state index in [1.807, 2.05) is 89.3 Å². The van der Waals surface area contributed by atoms with E-state index >= 15 is 0 Å². The second kappa shape index (κ2) is 19.5. The SMILES string of the molecule is Cc1c(-c2ccc(N3CCc4cccc(C(=O)Nc5nc6ccccc6s5)c4C3)nc2C(=O)OC(C)(C)C)cnn1C[C@@]12C[C@]3(C)C[C@](C)(C1)C[C@@](OCCNC[C@@H]1OC(C)(C)O[C@H]1COC(=O)OC(C)(C)C)(C3)C2. The van der Waals surface area contributed by atoms with E-state index in [0.29, 0.717) is 61.3 Å². The molecule has 6 aliphatic rings. The lowest BCUT2D eigenvalue weighted by atomic mass is 9.39. The summed E-state index contributed by atoms with van der Waals surface area (Å²) < 4.78 is 39.4. The van der Waals surface area contributed by atoms with Crippen molar-refractivity contribution in [3.8, 4) is 11.1 Å². The monoisotopic (exact) mass is 1050 g/mol. The number of pyridine rings is 1. The number of aromatic nitrogens is 4. The molecule has 16 nitrogen and oxygen atoms in total. The number of fused-ring (bicyclic) bond motifs is 2. The average molecular weight is 1050 g/mol. The predicted molar refractivity (Wildman–Crippen MR) is 288 cm³/mol. The summed E-state index contributed by atoms with van der Waals surface area (Å²) >= 11 is 1.45. The largest absolute Gasteiger partial charge is 0.508 e. The van der Waals surface area contributed by atoms with Gasteiger partial charge in [0.05, 0.1) is 28.6 Å². The van der Waals surface area contributed by atoms with Crippen molar-refractivity contribution in [3.05, 3.63) is 88.9 Å². The Bertz CT molecular complexity index is 2940. The van der Waals surface area contributed by atoms with E-state index in [9.17, 15) is 14.4 Å². The van der Waals surface area contributed by atoms with E-state index in [2.05, 4.69) is 52.0 Å². The topological polar surface area (TPSA) is 177 Å². The molecule has 2 N–H and O–H groups in total. The van der Waals surface area contributed by atoms with Crippen molar-refractivity contribution in [2.75, 3.05) is 43.1 Å². The smallest absolute Gasteiger partial charge is 0.455 e. The lowest BCUT2D eigenvalue weighted by Gasteiger charge is -2.69. The van der Waals surface area contributed by atoms with Crippen molar-refractivity contribution in [2.24, 2.45) is 16.2 Å². The van der Waals surface area contributed by atoms with Crippen LogP contribution in [0.1, 0.15) is 145 Å². The summed E-state index contributed by atoms with van der Waals surface area (Å²) in [7, 11) is 0. The number of benzene rings is 2. The maximum absolute atomic E-state index is 14.3. The Balaban J connectivity index is 0.835. The highest BCUT2D eigenvalue weighted by molar-refractivity contribution is 7.22. The summed E-state index contributed by atoms with van der Waals surface area (Å²) in [6.45, 7) is 25.3. The maximum Gasteiger partial charge on any atom is 0.508 e. The normalized spacial score (nSPS) is 26.8. The molecule has 3 aromatic heterocycles. The Morgan fingerprint density at radius 3 is 2.29 bits per heavy atom. The molecular weight excluding hydrogens is 971 g/mol. The van der Waals surface area contributed by atoms with Gasteiger partial charge in [0.25, 0.3) is 5.91 Å². The van der Waals surface area contributed by atoms with Crippen LogP contribution in [0.5, 0.6) is 0 Å². The number of rotatable bonds is 15. The van der Waals surface area contributed by atoms with Gasteiger partial charge in [0.1, 0.15) is 35.8 Å². The van der Waals surface area contributed by atoms with Gasteiger partial charge in [0.2, 0.25) is 0 Å². The van der Waals surface area contributed by atoms with Crippen LogP contribution in [-0.4, -0.2) is 105 Å². The Morgan fingerprint density at radius 1 is 0.827 bits per heavy atom. The molecule has 402 valence electrons. The number of nitrogens with zero attached hydrogens (tertiary/aromatic N) is 5. The molecule has 4 aliphatic carbocycles. The molecule has 0 unspecified atom stereocenters. The highest BCUT2D eigenvalue weighted by Gasteiger charge is 2.66. The number of nitrogens with one attached hydrogen (secondary N) is 2. The number of para-hydroxylation sites is 1. The fraction of sp³-hybridized carbons (Fsp3) is 0.586. The van der Waals surface area contributed by atoms with Crippen LogP contribution in [0.2, 0.25) is 0 Å². The first-order valence-electron chi connectivity index (χ1n) is 26.6. The molecule has 0 radical (unpaired) electrons. The van der Waals surface area contributed by atoms with E-state index in [1.165, 1.54) is 17.8 Å². The zero-order valence-corrected chi connectivity index (χ0v) is 46.5. The van der Waals surface area contributed by atoms with Crippen molar-refractivity contribution in [1.29, 1.82) is 0 Å². The van der Waals surface area contributed by atoms with Crippen molar-refractivity contribution in [1.82, 2.24) is 25.1 Å². The Labute approximate surface area is 444 Å². The molecule has 2 aromatic carbocycles. The van der Waals surface area contributed by atoms with Crippen molar-refractivity contribution in [2.45, 2.75) is 169 Å². The van der Waals surface area contributed by atoms with Crippen LogP contribution < -0.4 is 15.5 Å². The zero-order chi connectivity index (χ0) is 53.3. The van der Waals surface area contributed by atoms with Gasteiger partial charge < -0.3 is 38.6 Å². The third-order valence-corrected chi connectivity index (χ3v) is 16.4. The Kier molecular flexibility index (Phi) is 13.8. The summed E-state index contributed by atoms with van der Waals surface area (Å²) in [5.74, 6) is -0.896. The summed E-state index contributed by atoms with van der Waals surface area (Å²) in [4.78, 5) is 52.3. The number of ether oxygens (including phenoxy) is 6. The minimum Gasteiger partial charge on any atom is -0.455 e. The zero-order valence-electron chi connectivity index (χ0n) is 45.6. The Morgan fingerprint density at radius 2 is 1.56 bits per heavy atom. The van der Waals surface area contributed by atoms with Crippen LogP contribution in [0.25, 0.3) is 21.3 Å². The summed E-state index contributed by atoms with van der Waals surface area (Å²) in [5.41, 5.74) is 4.72. The first kappa shape index (κ1) is 53.0. The average Bonchev–Trinajstić information content (AvgIpc) is 3.97. The lowest BCUT2D eigenvalue weighted by molar-refractivity contribution is -0.247. The van der Waals surface area contributed by atoms with Gasteiger partial charge in [-0.15, -0.1) is 0 Å². The van der Waals surface area contributed by atoms with Crippen molar-refractivity contribution < 1.29 is 42.8 Å². The predicted octanol–water partition coefficient (Wildman–Crippen LogP) is 10.8. The molecule has 4 bridgehead atoms. The number of esters is 1. The van der Waals surface area contributed by atoms with E-state index in [0.717, 1.165) is 71.2 Å². The first-order valence-corrected chi connectivity index (χ1v) is 27.4. The summed E-state index contributed by atoms with van der Waals surface area (Å²) in [6.07, 6.45) is 7.46. The molecular formula is C58H75N7O9S. The summed E-state index contributed by atoms with van der Waals surface area (Å²) in [6, 6.07) is 17.7. The third kappa shape index (κ3) is 11.6. The number of hydrogen-bond donors (Lipinski definition) is 2. The molecule has 5 fully saturated rings. The molecule has 11 rings (SSSR count). The minimum absolute atomic E-state index is 0.0295. The fourth-order valence-corrected chi connectivity index (χ4v) is 14.8. The van der Waals surface area contributed by atoms with Gasteiger partial charge in [-0.05, 0) is 165 Å². The molecule has 0 spiro atoms.